The monoisotopic (exact) mass is 412 g/mol. The Morgan fingerprint density at radius 3 is 2.28 bits per heavy atom. The first-order valence-electron chi connectivity index (χ1n) is 8.52. The molecule has 0 spiro atoms. The highest BCUT2D eigenvalue weighted by Gasteiger charge is 2.22. The van der Waals surface area contributed by atoms with Gasteiger partial charge in [-0.3, -0.25) is 20.4 Å². The van der Waals surface area contributed by atoms with E-state index in [-0.39, 0.29) is 4.90 Å². The Kier molecular flexibility index (Phi) is 7.25. The van der Waals surface area contributed by atoms with Gasteiger partial charge < -0.3 is 0 Å². The number of hydrogen-bond acceptors (Lipinski definition) is 5. The number of likely N-dealkylation sites (N-methyl/N-ethyl adjacent to an activating group) is 1. The first kappa shape index (κ1) is 21.8. The molecule has 0 saturated heterocycles. The van der Waals surface area contributed by atoms with Crippen LogP contribution in [0, 0.1) is 18.3 Å². The highest BCUT2D eigenvalue weighted by molar-refractivity contribution is 7.89. The van der Waals surface area contributed by atoms with Gasteiger partial charge in [0, 0.05) is 13.1 Å². The molecular formula is C20H20N4O4S. The molecule has 0 bridgehead atoms. The third-order valence-corrected chi connectivity index (χ3v) is 5.71. The van der Waals surface area contributed by atoms with Gasteiger partial charge in [0.05, 0.1) is 23.1 Å². The fraction of sp³-hybridized carbons (Fsp3) is 0.150. The van der Waals surface area contributed by atoms with Crippen molar-refractivity contribution in [3.63, 3.8) is 0 Å². The van der Waals surface area contributed by atoms with Crippen molar-refractivity contribution in [3.8, 4) is 6.07 Å². The number of sulfonamides is 1. The number of amides is 2. The van der Waals surface area contributed by atoms with Gasteiger partial charge in [-0.2, -0.15) is 9.57 Å². The molecule has 2 N–H and O–H groups in total. The smallest absolute Gasteiger partial charge is 0.262 e. The molecule has 0 fully saturated rings. The van der Waals surface area contributed by atoms with Crippen molar-refractivity contribution in [2.75, 3.05) is 13.6 Å². The number of hydrazine groups is 1. The Morgan fingerprint density at radius 2 is 1.69 bits per heavy atom. The number of benzene rings is 2. The lowest BCUT2D eigenvalue weighted by Gasteiger charge is -2.17. The lowest BCUT2D eigenvalue weighted by atomic mass is 10.1. The van der Waals surface area contributed by atoms with Crippen molar-refractivity contribution >= 4 is 27.9 Å². The number of aryl methyl sites for hydroxylation is 1. The van der Waals surface area contributed by atoms with Crippen LogP contribution in [0.5, 0.6) is 0 Å². The van der Waals surface area contributed by atoms with Crippen LogP contribution in [0.15, 0.2) is 59.5 Å². The van der Waals surface area contributed by atoms with Crippen LogP contribution in [0.25, 0.3) is 6.08 Å². The van der Waals surface area contributed by atoms with Gasteiger partial charge in [-0.05, 0) is 42.8 Å². The zero-order valence-corrected chi connectivity index (χ0v) is 16.7. The lowest BCUT2D eigenvalue weighted by molar-refractivity contribution is -0.126. The highest BCUT2D eigenvalue weighted by atomic mass is 32.2. The maximum absolute atomic E-state index is 12.4. The minimum Gasteiger partial charge on any atom is -0.272 e. The number of nitrogens with zero attached hydrogens (tertiary/aromatic N) is 2. The SMILES string of the molecule is Cc1ccc(S(=O)(=O)N(C)CC(=O)NNC(=O)/C=C/c2ccc(C#N)cc2)cc1. The van der Waals surface area contributed by atoms with Crippen molar-refractivity contribution in [1.82, 2.24) is 15.2 Å². The van der Waals surface area contributed by atoms with E-state index in [0.29, 0.717) is 11.1 Å². The van der Waals surface area contributed by atoms with Gasteiger partial charge in [-0.15, -0.1) is 0 Å². The van der Waals surface area contributed by atoms with Gasteiger partial charge in [0.25, 0.3) is 11.8 Å². The minimum atomic E-state index is -3.82. The largest absolute Gasteiger partial charge is 0.272 e. The third kappa shape index (κ3) is 6.27. The predicted octanol–water partition coefficient (Wildman–Crippen LogP) is 1.35. The molecule has 0 saturated carbocycles. The first-order valence-corrected chi connectivity index (χ1v) is 9.96. The summed E-state index contributed by atoms with van der Waals surface area (Å²) in [5, 5.41) is 8.74. The minimum absolute atomic E-state index is 0.0767. The molecule has 8 nitrogen and oxygen atoms in total. The number of carbonyl (C=O) groups is 2. The van der Waals surface area contributed by atoms with Crippen molar-refractivity contribution in [2.24, 2.45) is 0 Å². The lowest BCUT2D eigenvalue weighted by Crippen LogP contribution is -2.46. The van der Waals surface area contributed by atoms with Crippen LogP contribution in [0.2, 0.25) is 0 Å². The second kappa shape index (κ2) is 9.64. The molecule has 2 aromatic carbocycles. The zero-order chi connectivity index (χ0) is 21.4. The predicted molar refractivity (Wildman–Crippen MR) is 107 cm³/mol. The number of carbonyl (C=O) groups excluding carboxylic acids is 2. The Labute approximate surface area is 169 Å². The van der Waals surface area contributed by atoms with Crippen molar-refractivity contribution < 1.29 is 18.0 Å². The molecule has 0 unspecified atom stereocenters. The molecule has 0 heterocycles. The second-order valence-electron chi connectivity index (χ2n) is 6.18. The van der Waals surface area contributed by atoms with E-state index >= 15 is 0 Å². The number of hydrogen-bond donors (Lipinski definition) is 2. The van der Waals surface area contributed by atoms with Crippen LogP contribution in [-0.4, -0.2) is 38.1 Å². The molecule has 2 rings (SSSR count). The Bertz CT molecular complexity index is 1050. The summed E-state index contributed by atoms with van der Waals surface area (Å²) in [5.41, 5.74) is 6.47. The van der Waals surface area contributed by atoms with Crippen LogP contribution in [-0.2, 0) is 19.6 Å². The molecule has 2 aromatic rings. The molecule has 0 aliphatic carbocycles. The van der Waals surface area contributed by atoms with E-state index in [1.165, 1.54) is 31.3 Å². The van der Waals surface area contributed by atoms with Crippen LogP contribution in [0.3, 0.4) is 0 Å². The normalized spacial score (nSPS) is 11.2. The molecule has 29 heavy (non-hydrogen) atoms. The molecule has 0 aliphatic heterocycles. The number of nitrogens with one attached hydrogen (secondary N) is 2. The van der Waals surface area contributed by atoms with Crippen LogP contribution in [0.1, 0.15) is 16.7 Å². The van der Waals surface area contributed by atoms with Crippen LogP contribution < -0.4 is 10.9 Å². The topological polar surface area (TPSA) is 119 Å². The molecule has 0 aliphatic rings. The molecule has 2 amide bonds. The maximum Gasteiger partial charge on any atom is 0.262 e. The quantitative estimate of drug-likeness (QED) is 0.548. The van der Waals surface area contributed by atoms with Gasteiger partial charge in [-0.25, -0.2) is 8.42 Å². The van der Waals surface area contributed by atoms with Gasteiger partial charge in [0.1, 0.15) is 0 Å². The van der Waals surface area contributed by atoms with Crippen LogP contribution >= 0.6 is 0 Å². The number of nitriles is 1. The average molecular weight is 412 g/mol. The molecular weight excluding hydrogens is 392 g/mol. The van der Waals surface area contributed by atoms with E-state index < -0.39 is 28.4 Å². The molecule has 150 valence electrons. The Hall–Kier alpha value is -3.48. The van der Waals surface area contributed by atoms with Gasteiger partial charge in [0.2, 0.25) is 10.0 Å². The van der Waals surface area contributed by atoms with Crippen molar-refractivity contribution in [1.29, 1.82) is 5.26 Å². The maximum atomic E-state index is 12.4. The summed E-state index contributed by atoms with van der Waals surface area (Å²) in [6, 6.07) is 14.8. The molecule has 0 aromatic heterocycles. The summed E-state index contributed by atoms with van der Waals surface area (Å²) in [5.74, 6) is -1.28. The second-order valence-corrected chi connectivity index (χ2v) is 8.22. The first-order chi connectivity index (χ1) is 13.7. The molecule has 0 radical (unpaired) electrons. The summed E-state index contributed by atoms with van der Waals surface area (Å²) in [6.07, 6.45) is 2.71. The fourth-order valence-corrected chi connectivity index (χ4v) is 3.36. The van der Waals surface area contributed by atoms with E-state index in [4.69, 9.17) is 5.26 Å². The van der Waals surface area contributed by atoms with E-state index in [1.54, 1.807) is 36.4 Å². The van der Waals surface area contributed by atoms with E-state index in [0.717, 1.165) is 9.87 Å². The van der Waals surface area contributed by atoms with Crippen molar-refractivity contribution in [3.05, 3.63) is 71.3 Å². The zero-order valence-electron chi connectivity index (χ0n) is 15.9. The summed E-state index contributed by atoms with van der Waals surface area (Å²) in [6.45, 7) is 1.38. The molecule has 9 heteroatoms. The van der Waals surface area contributed by atoms with Crippen molar-refractivity contribution in [2.45, 2.75) is 11.8 Å². The van der Waals surface area contributed by atoms with E-state index in [2.05, 4.69) is 10.9 Å². The highest BCUT2D eigenvalue weighted by Crippen LogP contribution is 2.14. The molecule has 0 atom stereocenters. The summed E-state index contributed by atoms with van der Waals surface area (Å²) in [4.78, 5) is 23.8. The summed E-state index contributed by atoms with van der Waals surface area (Å²) in [7, 11) is -2.54. The van der Waals surface area contributed by atoms with Crippen LogP contribution in [0.4, 0.5) is 0 Å². The summed E-state index contributed by atoms with van der Waals surface area (Å²) < 4.78 is 25.8. The van der Waals surface area contributed by atoms with Gasteiger partial charge in [0.15, 0.2) is 0 Å². The fourth-order valence-electron chi connectivity index (χ4n) is 2.23. The van der Waals surface area contributed by atoms with Gasteiger partial charge >= 0.3 is 0 Å². The average Bonchev–Trinajstić information content (AvgIpc) is 2.71. The Balaban J connectivity index is 1.86. The van der Waals surface area contributed by atoms with E-state index in [1.807, 2.05) is 13.0 Å². The number of rotatable bonds is 6. The van der Waals surface area contributed by atoms with E-state index in [9.17, 15) is 18.0 Å². The standard InChI is InChI=1S/C20H20N4O4S/c1-15-3-10-18(11-4-15)29(27,28)24(2)14-20(26)23-22-19(25)12-9-16-5-7-17(13-21)8-6-16/h3-12H,14H2,1-2H3,(H,22,25)(H,23,26)/b12-9+. The summed E-state index contributed by atoms with van der Waals surface area (Å²) >= 11 is 0. The third-order valence-electron chi connectivity index (χ3n) is 3.89. The Morgan fingerprint density at radius 1 is 1.07 bits per heavy atom. The van der Waals surface area contributed by atoms with Gasteiger partial charge in [-0.1, -0.05) is 29.8 Å².